The van der Waals surface area contributed by atoms with E-state index in [4.69, 9.17) is 0 Å². The summed E-state index contributed by atoms with van der Waals surface area (Å²) in [6.07, 6.45) is 5.54. The van der Waals surface area contributed by atoms with Crippen molar-refractivity contribution in [1.29, 1.82) is 0 Å². The first-order valence-electron chi connectivity index (χ1n) is 4.82. The number of likely N-dealkylation sites (N-methyl/N-ethyl adjacent to an activating group) is 1. The Bertz CT molecular complexity index is 339. The SMILES string of the molecule is CCc1ccc2c(c1)C=CCN2C. The minimum Gasteiger partial charge on any atom is -0.370 e. The van der Waals surface area contributed by atoms with E-state index in [2.05, 4.69) is 49.2 Å². The van der Waals surface area contributed by atoms with Crippen molar-refractivity contribution in [3.8, 4) is 0 Å². The van der Waals surface area contributed by atoms with Crippen LogP contribution in [0.15, 0.2) is 24.3 Å². The standard InChI is InChI=1S/C12H15N/c1-3-10-6-7-12-11(9-10)5-4-8-13(12)2/h4-7,9H,3,8H2,1-2H3. The maximum Gasteiger partial charge on any atom is 0.0440 e. The molecule has 1 aromatic carbocycles. The molecule has 1 heteroatoms. The molecule has 68 valence electrons. The number of hydrogen-bond donors (Lipinski definition) is 0. The number of nitrogens with zero attached hydrogens (tertiary/aromatic N) is 1. The first-order chi connectivity index (χ1) is 6.31. The van der Waals surface area contributed by atoms with Crippen molar-refractivity contribution in [3.63, 3.8) is 0 Å². The van der Waals surface area contributed by atoms with Crippen LogP contribution >= 0.6 is 0 Å². The van der Waals surface area contributed by atoms with Gasteiger partial charge in [-0.2, -0.15) is 0 Å². The molecule has 0 aromatic heterocycles. The zero-order valence-corrected chi connectivity index (χ0v) is 8.25. The van der Waals surface area contributed by atoms with Gasteiger partial charge in [-0.1, -0.05) is 25.1 Å². The highest BCUT2D eigenvalue weighted by atomic mass is 15.1. The molecule has 1 aliphatic rings. The van der Waals surface area contributed by atoms with E-state index in [0.29, 0.717) is 0 Å². The van der Waals surface area contributed by atoms with Crippen LogP contribution in [-0.2, 0) is 6.42 Å². The van der Waals surface area contributed by atoms with E-state index < -0.39 is 0 Å². The molecule has 0 fully saturated rings. The van der Waals surface area contributed by atoms with Crippen LogP contribution in [0.2, 0.25) is 0 Å². The molecular formula is C12H15N. The molecular weight excluding hydrogens is 158 g/mol. The summed E-state index contributed by atoms with van der Waals surface area (Å²) in [7, 11) is 2.13. The predicted octanol–water partition coefficient (Wildman–Crippen LogP) is 2.71. The van der Waals surface area contributed by atoms with E-state index in [1.165, 1.54) is 16.8 Å². The smallest absolute Gasteiger partial charge is 0.0440 e. The Kier molecular flexibility index (Phi) is 2.09. The van der Waals surface area contributed by atoms with Gasteiger partial charge in [0, 0.05) is 19.3 Å². The molecule has 0 unspecified atom stereocenters. The normalized spacial score (nSPS) is 14.5. The fourth-order valence-corrected chi connectivity index (χ4v) is 1.74. The van der Waals surface area contributed by atoms with Crippen LogP contribution in [0.1, 0.15) is 18.1 Å². The van der Waals surface area contributed by atoms with Gasteiger partial charge in [-0.25, -0.2) is 0 Å². The van der Waals surface area contributed by atoms with Gasteiger partial charge in [-0.15, -0.1) is 0 Å². The van der Waals surface area contributed by atoms with Crippen LogP contribution < -0.4 is 4.90 Å². The predicted molar refractivity (Wildman–Crippen MR) is 58.1 cm³/mol. The number of anilines is 1. The summed E-state index contributed by atoms with van der Waals surface area (Å²) in [5, 5.41) is 0. The van der Waals surface area contributed by atoms with Gasteiger partial charge in [0.15, 0.2) is 0 Å². The van der Waals surface area contributed by atoms with Gasteiger partial charge in [-0.3, -0.25) is 0 Å². The van der Waals surface area contributed by atoms with Gasteiger partial charge < -0.3 is 4.90 Å². The van der Waals surface area contributed by atoms with E-state index in [0.717, 1.165) is 13.0 Å². The lowest BCUT2D eigenvalue weighted by Gasteiger charge is -2.23. The largest absolute Gasteiger partial charge is 0.370 e. The highest BCUT2D eigenvalue weighted by Gasteiger charge is 2.08. The summed E-state index contributed by atoms with van der Waals surface area (Å²) in [5.74, 6) is 0. The van der Waals surface area contributed by atoms with Gasteiger partial charge >= 0.3 is 0 Å². The van der Waals surface area contributed by atoms with Crippen LogP contribution in [0.25, 0.3) is 6.08 Å². The monoisotopic (exact) mass is 173 g/mol. The van der Waals surface area contributed by atoms with Crippen molar-refractivity contribution >= 4 is 11.8 Å². The minimum absolute atomic E-state index is 1.03. The molecule has 0 saturated heterocycles. The van der Waals surface area contributed by atoms with Gasteiger partial charge in [-0.05, 0) is 29.7 Å². The molecule has 0 bridgehead atoms. The van der Waals surface area contributed by atoms with Gasteiger partial charge in [0.2, 0.25) is 0 Å². The Morgan fingerprint density at radius 3 is 3.00 bits per heavy atom. The average molecular weight is 173 g/mol. The first-order valence-corrected chi connectivity index (χ1v) is 4.82. The lowest BCUT2D eigenvalue weighted by Crippen LogP contribution is -2.20. The Morgan fingerprint density at radius 2 is 2.23 bits per heavy atom. The highest BCUT2D eigenvalue weighted by molar-refractivity contribution is 5.71. The number of benzene rings is 1. The maximum absolute atomic E-state index is 2.28. The second kappa shape index (κ2) is 3.25. The molecule has 13 heavy (non-hydrogen) atoms. The topological polar surface area (TPSA) is 3.24 Å². The minimum atomic E-state index is 1.03. The molecule has 0 amide bonds. The summed E-state index contributed by atoms with van der Waals surface area (Å²) >= 11 is 0. The molecule has 1 nitrogen and oxygen atoms in total. The number of hydrogen-bond acceptors (Lipinski definition) is 1. The summed E-state index contributed by atoms with van der Waals surface area (Å²) in [6.45, 7) is 3.22. The average Bonchev–Trinajstić information content (AvgIpc) is 2.18. The number of fused-ring (bicyclic) bond motifs is 1. The van der Waals surface area contributed by atoms with Crippen molar-refractivity contribution in [2.24, 2.45) is 0 Å². The first kappa shape index (κ1) is 8.36. The molecule has 0 spiro atoms. The Labute approximate surface area is 79.7 Å². The van der Waals surface area contributed by atoms with Crippen molar-refractivity contribution < 1.29 is 0 Å². The maximum atomic E-state index is 2.28. The zero-order valence-electron chi connectivity index (χ0n) is 8.25. The highest BCUT2D eigenvalue weighted by Crippen LogP contribution is 2.25. The van der Waals surface area contributed by atoms with Crippen LogP contribution in [0.5, 0.6) is 0 Å². The van der Waals surface area contributed by atoms with Gasteiger partial charge in [0.1, 0.15) is 0 Å². The van der Waals surface area contributed by atoms with Crippen LogP contribution in [0.3, 0.4) is 0 Å². The molecule has 1 aromatic rings. The van der Waals surface area contributed by atoms with E-state index in [9.17, 15) is 0 Å². The third-order valence-corrected chi connectivity index (χ3v) is 2.59. The lowest BCUT2D eigenvalue weighted by atomic mass is 10.0. The zero-order chi connectivity index (χ0) is 9.26. The Morgan fingerprint density at radius 1 is 1.38 bits per heavy atom. The molecule has 0 radical (unpaired) electrons. The summed E-state index contributed by atoms with van der Waals surface area (Å²) in [4.78, 5) is 2.27. The second-order valence-electron chi connectivity index (χ2n) is 3.53. The lowest BCUT2D eigenvalue weighted by molar-refractivity contribution is 1.01. The van der Waals surface area contributed by atoms with E-state index in [1.807, 2.05) is 0 Å². The molecule has 2 rings (SSSR count). The number of aryl methyl sites for hydroxylation is 1. The molecule has 0 atom stereocenters. The quantitative estimate of drug-likeness (QED) is 0.631. The third-order valence-electron chi connectivity index (χ3n) is 2.59. The van der Waals surface area contributed by atoms with Gasteiger partial charge in [0.05, 0.1) is 0 Å². The summed E-state index contributed by atoms with van der Waals surface area (Å²) < 4.78 is 0. The van der Waals surface area contributed by atoms with Crippen molar-refractivity contribution in [2.75, 3.05) is 18.5 Å². The molecule has 1 heterocycles. The second-order valence-corrected chi connectivity index (χ2v) is 3.53. The van der Waals surface area contributed by atoms with Crippen molar-refractivity contribution in [2.45, 2.75) is 13.3 Å². The van der Waals surface area contributed by atoms with Gasteiger partial charge in [0.25, 0.3) is 0 Å². The van der Waals surface area contributed by atoms with Crippen LogP contribution in [0, 0.1) is 0 Å². The molecule has 0 saturated carbocycles. The van der Waals surface area contributed by atoms with E-state index in [1.54, 1.807) is 0 Å². The molecule has 0 N–H and O–H groups in total. The van der Waals surface area contributed by atoms with Crippen LogP contribution in [-0.4, -0.2) is 13.6 Å². The number of rotatable bonds is 1. The third kappa shape index (κ3) is 1.46. The molecule has 0 aliphatic carbocycles. The van der Waals surface area contributed by atoms with E-state index in [-0.39, 0.29) is 0 Å². The Balaban J connectivity index is 2.47. The summed E-state index contributed by atoms with van der Waals surface area (Å²) in [6, 6.07) is 6.72. The van der Waals surface area contributed by atoms with Crippen LogP contribution in [0.4, 0.5) is 5.69 Å². The van der Waals surface area contributed by atoms with Crippen molar-refractivity contribution in [3.05, 3.63) is 35.4 Å². The Hall–Kier alpha value is -1.24. The fourth-order valence-electron chi connectivity index (χ4n) is 1.74. The van der Waals surface area contributed by atoms with Crippen molar-refractivity contribution in [1.82, 2.24) is 0 Å². The molecule has 1 aliphatic heterocycles. The summed E-state index contributed by atoms with van der Waals surface area (Å²) in [5.41, 5.74) is 4.12. The van der Waals surface area contributed by atoms with E-state index >= 15 is 0 Å². The fraction of sp³-hybridized carbons (Fsp3) is 0.333.